The summed E-state index contributed by atoms with van der Waals surface area (Å²) in [7, 11) is 0.642. The van der Waals surface area contributed by atoms with Crippen LogP contribution in [-0.4, -0.2) is 17.5 Å². The first kappa shape index (κ1) is 7.50. The quantitative estimate of drug-likeness (QED) is 0.465. The van der Waals surface area contributed by atoms with E-state index in [-0.39, 0.29) is 10.6 Å². The van der Waals surface area contributed by atoms with Crippen LogP contribution in [0.25, 0.3) is 0 Å². The van der Waals surface area contributed by atoms with Gasteiger partial charge in [-0.2, -0.15) is 0 Å². The standard InChI is InChI=1S/C5H3BClFNO/c7-5-4(8)3(6-10)1-2-9-5/h1-2,10H. The van der Waals surface area contributed by atoms with Gasteiger partial charge < -0.3 is 5.02 Å². The molecule has 5 heteroatoms. The average molecular weight is 158 g/mol. The van der Waals surface area contributed by atoms with Gasteiger partial charge in [0, 0.05) is 6.20 Å². The fraction of sp³-hybridized carbons (Fsp3) is 0. The first-order chi connectivity index (χ1) is 4.75. The molecule has 0 atom stereocenters. The van der Waals surface area contributed by atoms with E-state index >= 15 is 0 Å². The van der Waals surface area contributed by atoms with Crippen molar-refractivity contribution in [2.45, 2.75) is 0 Å². The van der Waals surface area contributed by atoms with Gasteiger partial charge in [0.2, 0.25) is 0 Å². The molecule has 0 aliphatic carbocycles. The van der Waals surface area contributed by atoms with Crippen molar-refractivity contribution in [3.8, 4) is 0 Å². The number of aromatic nitrogens is 1. The molecule has 1 radical (unpaired) electrons. The maximum atomic E-state index is 12.6. The van der Waals surface area contributed by atoms with E-state index in [4.69, 9.17) is 16.6 Å². The third kappa shape index (κ3) is 1.28. The van der Waals surface area contributed by atoms with E-state index in [9.17, 15) is 4.39 Å². The van der Waals surface area contributed by atoms with E-state index in [1.54, 1.807) is 0 Å². The molecule has 1 heterocycles. The predicted molar refractivity (Wildman–Crippen MR) is 36.8 cm³/mol. The topological polar surface area (TPSA) is 33.1 Å². The molecule has 51 valence electrons. The minimum atomic E-state index is -0.702. The molecule has 0 aromatic carbocycles. The van der Waals surface area contributed by atoms with Gasteiger partial charge in [-0.3, -0.25) is 0 Å². The van der Waals surface area contributed by atoms with Crippen LogP contribution in [0.2, 0.25) is 5.15 Å². The Balaban J connectivity index is 3.14. The fourth-order valence-electron chi connectivity index (χ4n) is 0.532. The Kier molecular flexibility index (Phi) is 2.24. The maximum absolute atomic E-state index is 12.6. The second-order valence-electron chi connectivity index (χ2n) is 1.63. The zero-order valence-corrected chi connectivity index (χ0v) is 5.64. The molecule has 1 aromatic heterocycles. The van der Waals surface area contributed by atoms with Crippen molar-refractivity contribution in [1.29, 1.82) is 0 Å². The number of rotatable bonds is 1. The van der Waals surface area contributed by atoms with Crippen LogP contribution in [0.1, 0.15) is 0 Å². The van der Waals surface area contributed by atoms with E-state index in [0.29, 0.717) is 7.48 Å². The van der Waals surface area contributed by atoms with Crippen LogP contribution in [0.15, 0.2) is 12.3 Å². The summed E-state index contributed by atoms with van der Waals surface area (Å²) in [5.41, 5.74) is 0.0417. The Hall–Kier alpha value is -0.605. The smallest absolute Gasteiger partial charge is 0.329 e. The lowest BCUT2D eigenvalue weighted by atomic mass is 9.89. The fourth-order valence-corrected chi connectivity index (χ4v) is 0.697. The van der Waals surface area contributed by atoms with E-state index in [1.165, 1.54) is 12.3 Å². The zero-order chi connectivity index (χ0) is 7.56. The van der Waals surface area contributed by atoms with Crippen LogP contribution < -0.4 is 5.46 Å². The van der Waals surface area contributed by atoms with E-state index < -0.39 is 5.82 Å². The molecule has 0 spiro atoms. The first-order valence-corrected chi connectivity index (χ1v) is 2.91. The number of halogens is 2. The molecule has 0 saturated carbocycles. The molecule has 0 aliphatic heterocycles. The summed E-state index contributed by atoms with van der Waals surface area (Å²) >= 11 is 5.28. The second kappa shape index (κ2) is 2.99. The molecular weight excluding hydrogens is 155 g/mol. The molecule has 0 bridgehead atoms. The summed E-state index contributed by atoms with van der Waals surface area (Å²) < 4.78 is 12.6. The Morgan fingerprint density at radius 1 is 1.70 bits per heavy atom. The van der Waals surface area contributed by atoms with Gasteiger partial charge in [0.1, 0.15) is 0 Å². The molecule has 0 fully saturated rings. The van der Waals surface area contributed by atoms with Crippen LogP contribution in [0.3, 0.4) is 0 Å². The van der Waals surface area contributed by atoms with Crippen molar-refractivity contribution in [3.63, 3.8) is 0 Å². The third-order valence-electron chi connectivity index (χ3n) is 1.02. The predicted octanol–water partition coefficient (Wildman–Crippen LogP) is 0.111. The number of hydrogen-bond donors (Lipinski definition) is 1. The second-order valence-corrected chi connectivity index (χ2v) is 1.99. The van der Waals surface area contributed by atoms with Crippen molar-refractivity contribution >= 4 is 24.5 Å². The highest BCUT2D eigenvalue weighted by atomic mass is 35.5. The summed E-state index contributed by atoms with van der Waals surface area (Å²) in [4.78, 5) is 3.45. The van der Waals surface area contributed by atoms with Crippen LogP contribution in [0.4, 0.5) is 4.39 Å². The Labute approximate surface area is 62.9 Å². The summed E-state index contributed by atoms with van der Waals surface area (Å²) in [5, 5.41) is 8.16. The van der Waals surface area contributed by atoms with E-state index in [1.807, 2.05) is 0 Å². The molecule has 0 amide bonds. The number of pyridine rings is 1. The van der Waals surface area contributed by atoms with E-state index in [0.717, 1.165) is 0 Å². The van der Waals surface area contributed by atoms with Crippen LogP contribution in [0, 0.1) is 5.82 Å². The summed E-state index contributed by atoms with van der Waals surface area (Å²) in [5.74, 6) is -0.702. The van der Waals surface area contributed by atoms with Crippen LogP contribution in [0.5, 0.6) is 0 Å². The van der Waals surface area contributed by atoms with Gasteiger partial charge in [0.25, 0.3) is 0 Å². The molecule has 1 aromatic rings. The molecular formula is C5H3BClFNO. The first-order valence-electron chi connectivity index (χ1n) is 2.53. The molecule has 0 saturated heterocycles. The summed E-state index contributed by atoms with van der Waals surface area (Å²) in [6, 6.07) is 1.32. The Bertz CT molecular complexity index is 245. The number of hydrogen-bond acceptors (Lipinski definition) is 2. The van der Waals surface area contributed by atoms with Crippen molar-refractivity contribution in [2.75, 3.05) is 0 Å². The minimum absolute atomic E-state index is 0.0417. The van der Waals surface area contributed by atoms with Gasteiger partial charge in [-0.1, -0.05) is 11.6 Å². The SMILES string of the molecule is O[B]c1ccnc(Cl)c1F. The molecule has 2 nitrogen and oxygen atoms in total. The number of nitrogens with zero attached hydrogens (tertiary/aromatic N) is 1. The summed E-state index contributed by atoms with van der Waals surface area (Å²) in [6.07, 6.45) is 1.31. The average Bonchev–Trinajstić information content (AvgIpc) is 1.95. The van der Waals surface area contributed by atoms with Crippen molar-refractivity contribution in [2.24, 2.45) is 0 Å². The zero-order valence-electron chi connectivity index (χ0n) is 4.88. The largest absolute Gasteiger partial charge is 0.450 e. The van der Waals surface area contributed by atoms with Crippen molar-refractivity contribution in [3.05, 3.63) is 23.2 Å². The normalized spacial score (nSPS) is 9.50. The molecule has 1 N–H and O–H groups in total. The van der Waals surface area contributed by atoms with Gasteiger partial charge in [0.05, 0.1) is 0 Å². The van der Waals surface area contributed by atoms with E-state index in [2.05, 4.69) is 4.98 Å². The van der Waals surface area contributed by atoms with Crippen molar-refractivity contribution in [1.82, 2.24) is 4.98 Å². The highest BCUT2D eigenvalue weighted by molar-refractivity contribution is 6.46. The highest BCUT2D eigenvalue weighted by Crippen LogP contribution is 2.05. The lowest BCUT2D eigenvalue weighted by molar-refractivity contribution is 0.600. The lowest BCUT2D eigenvalue weighted by Gasteiger charge is -1.96. The molecule has 0 aliphatic rings. The molecule has 10 heavy (non-hydrogen) atoms. The minimum Gasteiger partial charge on any atom is -0.450 e. The molecule has 0 unspecified atom stereocenters. The van der Waals surface area contributed by atoms with Gasteiger partial charge in [-0.15, -0.1) is 0 Å². The molecule has 1 rings (SSSR count). The maximum Gasteiger partial charge on any atom is 0.329 e. The van der Waals surface area contributed by atoms with Gasteiger partial charge in [0.15, 0.2) is 11.0 Å². The highest BCUT2D eigenvalue weighted by Gasteiger charge is 2.06. The van der Waals surface area contributed by atoms with Crippen molar-refractivity contribution < 1.29 is 9.41 Å². The monoisotopic (exact) mass is 158 g/mol. The van der Waals surface area contributed by atoms with Crippen LogP contribution in [-0.2, 0) is 0 Å². The Morgan fingerprint density at radius 2 is 2.40 bits per heavy atom. The van der Waals surface area contributed by atoms with Gasteiger partial charge in [-0.25, -0.2) is 9.37 Å². The van der Waals surface area contributed by atoms with Gasteiger partial charge in [-0.05, 0) is 11.5 Å². The Morgan fingerprint density at radius 3 is 2.90 bits per heavy atom. The summed E-state index contributed by atoms with van der Waals surface area (Å²) in [6.45, 7) is 0. The van der Waals surface area contributed by atoms with Crippen LogP contribution >= 0.6 is 11.6 Å². The van der Waals surface area contributed by atoms with Gasteiger partial charge >= 0.3 is 7.48 Å². The lowest BCUT2D eigenvalue weighted by Crippen LogP contribution is -2.18. The third-order valence-corrected chi connectivity index (χ3v) is 1.28.